The predicted molar refractivity (Wildman–Crippen MR) is 328 cm³/mol. The molecule has 0 aromatic rings. The Morgan fingerprint density at radius 2 is 0.740 bits per heavy atom. The van der Waals surface area contributed by atoms with Crippen molar-refractivity contribution in [3.63, 3.8) is 0 Å². The third-order valence-corrected chi connectivity index (χ3v) is 15.2. The normalized spacial score (nSPS) is 13.6. The fourth-order valence-electron chi connectivity index (χ4n) is 9.29. The molecule has 0 aromatic carbocycles. The topological polar surface area (TPSA) is 111 Å². The van der Waals surface area contributed by atoms with Gasteiger partial charge in [0, 0.05) is 12.8 Å². The largest absolute Gasteiger partial charge is 0.756 e. The zero-order valence-electron chi connectivity index (χ0n) is 51.2. The molecule has 0 saturated carbocycles. The van der Waals surface area contributed by atoms with E-state index in [1.54, 1.807) is 0 Å². The highest BCUT2D eigenvalue weighted by Crippen LogP contribution is 2.38. The minimum Gasteiger partial charge on any atom is -0.756 e. The van der Waals surface area contributed by atoms with Gasteiger partial charge in [-0.2, -0.15) is 0 Å². The van der Waals surface area contributed by atoms with Crippen LogP contribution >= 0.6 is 7.82 Å². The van der Waals surface area contributed by atoms with Crippen LogP contribution in [-0.4, -0.2) is 70.0 Å². The summed E-state index contributed by atoms with van der Waals surface area (Å²) in [7, 11) is 1.17. The summed E-state index contributed by atoms with van der Waals surface area (Å²) in [5.74, 6) is -0.830. The maximum Gasteiger partial charge on any atom is 0.306 e. The van der Waals surface area contributed by atoms with E-state index >= 15 is 0 Å². The molecule has 0 N–H and O–H groups in total. The molecule has 0 radical (unpaired) electrons. The van der Waals surface area contributed by atoms with Crippen molar-refractivity contribution in [2.75, 3.05) is 47.5 Å². The fourth-order valence-corrected chi connectivity index (χ4v) is 10.0. The van der Waals surface area contributed by atoms with E-state index in [1.165, 1.54) is 193 Å². The van der Waals surface area contributed by atoms with Gasteiger partial charge in [-0.15, -0.1) is 0 Å². The molecule has 0 aliphatic heterocycles. The number of ether oxygens (including phenoxy) is 2. The summed E-state index contributed by atoms with van der Waals surface area (Å²) in [5.41, 5.74) is 0. The van der Waals surface area contributed by atoms with Crippen molar-refractivity contribution in [2.45, 2.75) is 309 Å². The van der Waals surface area contributed by atoms with Gasteiger partial charge in [-0.05, 0) is 77.0 Å². The molecule has 0 fully saturated rings. The van der Waals surface area contributed by atoms with Crippen LogP contribution in [0.5, 0.6) is 0 Å². The number of allylic oxidation sites excluding steroid dienone is 10. The smallest absolute Gasteiger partial charge is 0.306 e. The van der Waals surface area contributed by atoms with Crippen LogP contribution < -0.4 is 4.89 Å². The average molecular weight is 1100 g/mol. The van der Waals surface area contributed by atoms with Gasteiger partial charge in [0.15, 0.2) is 6.10 Å². The number of esters is 2. The first-order valence-electron chi connectivity index (χ1n) is 32.5. The van der Waals surface area contributed by atoms with E-state index in [9.17, 15) is 19.0 Å². The molecule has 9 nitrogen and oxygen atoms in total. The molecule has 0 aromatic heterocycles. The summed E-state index contributed by atoms with van der Waals surface area (Å²) in [4.78, 5) is 37.9. The first kappa shape index (κ1) is 74.7. The number of quaternary nitrogens is 1. The lowest BCUT2D eigenvalue weighted by Crippen LogP contribution is -2.37. The van der Waals surface area contributed by atoms with E-state index in [4.69, 9.17) is 18.5 Å². The van der Waals surface area contributed by atoms with E-state index < -0.39 is 26.5 Å². The summed E-state index contributed by atoms with van der Waals surface area (Å²) >= 11 is 0. The Morgan fingerprint density at radius 3 is 1.12 bits per heavy atom. The zero-order chi connectivity index (χ0) is 56.3. The SMILES string of the molecule is CC/C=C\C/C=C\C/C=C\C/C=C\CCCCCCCCCCCCCCCCCCCCCCCCCCC(=O)OC(COC(=O)CCCCCCC/C=C\CCCCCCCCC)COP(=O)([O-])OCC[N+](C)(C)C. The Kier molecular flexibility index (Phi) is 56.6. The standard InChI is InChI=1S/C67H124NO8P/c1-6-8-10-12-14-16-18-20-22-24-25-26-27-28-29-30-31-32-33-34-35-36-37-38-39-40-41-42-43-44-46-48-50-52-54-56-58-60-67(70)76-65(64-75-77(71,72)74-62-61-68(3,4)5)63-73-66(69)59-57-55-53-51-49-47-45-23-21-19-17-15-13-11-9-7-2/h8,10,14,16,20,22-23,25-26,45,65H,6-7,9,11-13,15,17-19,21,24,27-44,46-64H2,1-5H3/b10-8-,16-14-,22-20-,26-25-,45-23-. The highest BCUT2D eigenvalue weighted by atomic mass is 31.2. The molecule has 77 heavy (non-hydrogen) atoms. The lowest BCUT2D eigenvalue weighted by Gasteiger charge is -2.28. The Hall–Kier alpha value is -2.29. The molecule has 2 atom stereocenters. The molecular formula is C67H124NO8P. The van der Waals surface area contributed by atoms with E-state index in [2.05, 4.69) is 74.6 Å². The number of phosphoric acid groups is 1. The van der Waals surface area contributed by atoms with Crippen LogP contribution in [0, 0.1) is 0 Å². The summed E-state index contributed by atoms with van der Waals surface area (Å²) in [6, 6.07) is 0. The fraction of sp³-hybridized carbons (Fsp3) is 0.821. The second-order valence-corrected chi connectivity index (χ2v) is 24.5. The van der Waals surface area contributed by atoms with Gasteiger partial charge < -0.3 is 27.9 Å². The van der Waals surface area contributed by atoms with Crippen LogP contribution in [-0.2, 0) is 32.7 Å². The Labute approximate surface area is 476 Å². The minimum absolute atomic E-state index is 0.0308. The summed E-state index contributed by atoms with van der Waals surface area (Å²) in [6.45, 7) is 4.15. The second kappa shape index (κ2) is 58.4. The highest BCUT2D eigenvalue weighted by Gasteiger charge is 2.22. The molecule has 0 amide bonds. The maximum atomic E-state index is 12.8. The van der Waals surface area contributed by atoms with Crippen molar-refractivity contribution in [1.29, 1.82) is 0 Å². The van der Waals surface area contributed by atoms with Crippen molar-refractivity contribution in [3.8, 4) is 0 Å². The Balaban J connectivity index is 3.94. The summed E-state index contributed by atoms with van der Waals surface area (Å²) in [6.07, 6.45) is 75.9. The Morgan fingerprint density at radius 1 is 0.416 bits per heavy atom. The van der Waals surface area contributed by atoms with Gasteiger partial charge in [0.1, 0.15) is 19.8 Å². The molecule has 0 spiro atoms. The number of hydrogen-bond acceptors (Lipinski definition) is 8. The number of hydrogen-bond donors (Lipinski definition) is 0. The molecule has 0 heterocycles. The number of phosphoric ester groups is 1. The number of carbonyl (C=O) groups excluding carboxylic acids is 2. The van der Waals surface area contributed by atoms with Crippen LogP contribution in [0.4, 0.5) is 0 Å². The van der Waals surface area contributed by atoms with Crippen molar-refractivity contribution >= 4 is 19.8 Å². The first-order valence-corrected chi connectivity index (χ1v) is 34.0. The van der Waals surface area contributed by atoms with E-state index in [0.717, 1.165) is 77.0 Å². The van der Waals surface area contributed by atoms with Crippen molar-refractivity contribution in [1.82, 2.24) is 0 Å². The quantitative estimate of drug-likeness (QED) is 0.0195. The van der Waals surface area contributed by atoms with E-state index in [0.29, 0.717) is 17.4 Å². The van der Waals surface area contributed by atoms with E-state index in [-0.39, 0.29) is 32.0 Å². The molecule has 2 unspecified atom stereocenters. The summed E-state index contributed by atoms with van der Waals surface area (Å²) < 4.78 is 34.2. The van der Waals surface area contributed by atoms with Crippen molar-refractivity contribution < 1.29 is 42.1 Å². The maximum absolute atomic E-state index is 12.8. The van der Waals surface area contributed by atoms with Gasteiger partial charge in [-0.25, -0.2) is 0 Å². The predicted octanol–water partition coefficient (Wildman–Crippen LogP) is 20.0. The van der Waals surface area contributed by atoms with Crippen molar-refractivity contribution in [3.05, 3.63) is 60.8 Å². The van der Waals surface area contributed by atoms with Gasteiger partial charge >= 0.3 is 11.9 Å². The molecular weight excluding hydrogens is 978 g/mol. The number of nitrogens with zero attached hydrogens (tertiary/aromatic N) is 1. The lowest BCUT2D eigenvalue weighted by molar-refractivity contribution is -0.870. The van der Waals surface area contributed by atoms with Crippen LogP contribution in [0.2, 0.25) is 0 Å². The lowest BCUT2D eigenvalue weighted by atomic mass is 10.0. The number of rotatable bonds is 60. The monoisotopic (exact) mass is 1100 g/mol. The number of carbonyl (C=O) groups is 2. The van der Waals surface area contributed by atoms with Crippen LogP contribution in [0.3, 0.4) is 0 Å². The van der Waals surface area contributed by atoms with Crippen LogP contribution in [0.15, 0.2) is 60.8 Å². The van der Waals surface area contributed by atoms with Gasteiger partial charge in [0.25, 0.3) is 7.82 Å². The van der Waals surface area contributed by atoms with Gasteiger partial charge in [0.2, 0.25) is 0 Å². The molecule has 0 saturated heterocycles. The third-order valence-electron chi connectivity index (χ3n) is 14.3. The van der Waals surface area contributed by atoms with Crippen LogP contribution in [0.1, 0.15) is 303 Å². The minimum atomic E-state index is -4.64. The molecule has 0 aliphatic rings. The number of unbranched alkanes of at least 4 members (excludes halogenated alkanes) is 36. The Bertz CT molecular complexity index is 1480. The second-order valence-electron chi connectivity index (χ2n) is 23.1. The van der Waals surface area contributed by atoms with Crippen molar-refractivity contribution in [2.24, 2.45) is 0 Å². The molecule has 450 valence electrons. The molecule has 0 aliphatic carbocycles. The highest BCUT2D eigenvalue weighted by molar-refractivity contribution is 7.45. The average Bonchev–Trinajstić information content (AvgIpc) is 3.39. The van der Waals surface area contributed by atoms with Gasteiger partial charge in [-0.1, -0.05) is 274 Å². The number of likely N-dealkylation sites (N-methyl/N-ethyl adjacent to an activating group) is 1. The van der Waals surface area contributed by atoms with Crippen LogP contribution in [0.25, 0.3) is 0 Å². The molecule has 0 bridgehead atoms. The first-order chi connectivity index (χ1) is 37.5. The van der Waals surface area contributed by atoms with E-state index in [1.807, 2.05) is 21.1 Å². The zero-order valence-corrected chi connectivity index (χ0v) is 52.1. The molecule has 0 rings (SSSR count). The van der Waals surface area contributed by atoms with Gasteiger partial charge in [-0.3, -0.25) is 14.2 Å². The molecule has 10 heteroatoms. The third kappa shape index (κ3) is 62.8. The van der Waals surface area contributed by atoms with Gasteiger partial charge in [0.05, 0.1) is 27.7 Å². The summed E-state index contributed by atoms with van der Waals surface area (Å²) in [5, 5.41) is 0.